The Morgan fingerprint density at radius 3 is 2.84 bits per heavy atom. The standard InChI is InChI=1S/C14H21NO3S/c1-2-13-15(11(9-19-13)14(17)18)12(16)8-10-6-4-3-5-7-10/h6,11,13H,2-5,7-9H2,1H3,(H,17,18). The molecular formula is C14H21NO3S. The first kappa shape index (κ1) is 14.4. The van der Waals surface area contributed by atoms with Crippen LogP contribution in [0.15, 0.2) is 11.6 Å². The molecule has 2 atom stereocenters. The van der Waals surface area contributed by atoms with Crippen molar-refractivity contribution in [1.82, 2.24) is 4.90 Å². The quantitative estimate of drug-likeness (QED) is 0.806. The number of carbonyl (C=O) groups excluding carboxylic acids is 1. The maximum atomic E-state index is 12.4. The number of rotatable bonds is 4. The minimum atomic E-state index is -0.880. The molecule has 1 saturated heterocycles. The van der Waals surface area contributed by atoms with Crippen molar-refractivity contribution >= 4 is 23.6 Å². The van der Waals surface area contributed by atoms with Gasteiger partial charge >= 0.3 is 5.97 Å². The first-order chi connectivity index (χ1) is 9.13. The molecule has 0 spiro atoms. The number of carboxylic acids is 1. The van der Waals surface area contributed by atoms with Crippen molar-refractivity contribution in [1.29, 1.82) is 0 Å². The van der Waals surface area contributed by atoms with Crippen LogP contribution in [0.1, 0.15) is 45.4 Å². The van der Waals surface area contributed by atoms with E-state index in [0.29, 0.717) is 12.2 Å². The summed E-state index contributed by atoms with van der Waals surface area (Å²) in [7, 11) is 0. The molecule has 1 aliphatic heterocycles. The van der Waals surface area contributed by atoms with Gasteiger partial charge in [-0.15, -0.1) is 11.8 Å². The van der Waals surface area contributed by atoms with Crippen LogP contribution in [0.25, 0.3) is 0 Å². The van der Waals surface area contributed by atoms with Gasteiger partial charge in [0.15, 0.2) is 0 Å². The predicted octanol–water partition coefficient (Wildman–Crippen LogP) is 2.64. The molecule has 2 aliphatic rings. The van der Waals surface area contributed by atoms with Gasteiger partial charge in [-0.25, -0.2) is 4.79 Å². The topological polar surface area (TPSA) is 57.6 Å². The summed E-state index contributed by atoms with van der Waals surface area (Å²) < 4.78 is 0. The smallest absolute Gasteiger partial charge is 0.327 e. The van der Waals surface area contributed by atoms with E-state index >= 15 is 0 Å². The van der Waals surface area contributed by atoms with Gasteiger partial charge in [0, 0.05) is 12.2 Å². The lowest BCUT2D eigenvalue weighted by Gasteiger charge is -2.27. The predicted molar refractivity (Wildman–Crippen MR) is 76.0 cm³/mol. The van der Waals surface area contributed by atoms with E-state index < -0.39 is 12.0 Å². The Morgan fingerprint density at radius 1 is 1.47 bits per heavy atom. The van der Waals surface area contributed by atoms with Crippen LogP contribution in [0.2, 0.25) is 0 Å². The number of nitrogens with zero attached hydrogens (tertiary/aromatic N) is 1. The summed E-state index contributed by atoms with van der Waals surface area (Å²) in [4.78, 5) is 25.3. The van der Waals surface area contributed by atoms with Crippen LogP contribution in [-0.4, -0.2) is 39.1 Å². The van der Waals surface area contributed by atoms with Crippen LogP contribution < -0.4 is 0 Å². The molecule has 1 heterocycles. The van der Waals surface area contributed by atoms with E-state index in [9.17, 15) is 14.7 Å². The number of carboxylic acid groups (broad SMARTS) is 1. The van der Waals surface area contributed by atoms with Crippen molar-refractivity contribution < 1.29 is 14.7 Å². The van der Waals surface area contributed by atoms with Crippen molar-refractivity contribution in [3.05, 3.63) is 11.6 Å². The lowest BCUT2D eigenvalue weighted by molar-refractivity contribution is -0.148. The molecule has 0 radical (unpaired) electrons. The van der Waals surface area contributed by atoms with E-state index in [0.717, 1.165) is 25.7 Å². The van der Waals surface area contributed by atoms with Crippen molar-refractivity contribution in [3.63, 3.8) is 0 Å². The van der Waals surface area contributed by atoms with Crippen LogP contribution in [0.4, 0.5) is 0 Å². The Kier molecular flexibility index (Phi) is 4.91. The van der Waals surface area contributed by atoms with Crippen LogP contribution in [-0.2, 0) is 9.59 Å². The van der Waals surface area contributed by atoms with Crippen LogP contribution in [0.5, 0.6) is 0 Å². The van der Waals surface area contributed by atoms with E-state index in [1.54, 1.807) is 16.7 Å². The molecule has 5 heteroatoms. The van der Waals surface area contributed by atoms with Crippen molar-refractivity contribution in [3.8, 4) is 0 Å². The first-order valence-electron chi connectivity index (χ1n) is 6.97. The van der Waals surface area contributed by atoms with Crippen LogP contribution in [0, 0.1) is 0 Å². The van der Waals surface area contributed by atoms with Gasteiger partial charge in [0.25, 0.3) is 0 Å². The van der Waals surface area contributed by atoms with Gasteiger partial charge in [-0.1, -0.05) is 18.6 Å². The maximum Gasteiger partial charge on any atom is 0.327 e. The van der Waals surface area contributed by atoms with E-state index in [1.165, 1.54) is 12.0 Å². The number of amides is 1. The average molecular weight is 283 g/mol. The molecule has 1 N–H and O–H groups in total. The Morgan fingerprint density at radius 2 is 2.26 bits per heavy atom. The largest absolute Gasteiger partial charge is 0.480 e. The fraction of sp³-hybridized carbons (Fsp3) is 0.714. The third kappa shape index (κ3) is 3.32. The highest BCUT2D eigenvalue weighted by atomic mass is 32.2. The van der Waals surface area contributed by atoms with Crippen molar-refractivity contribution in [2.45, 2.75) is 56.9 Å². The van der Waals surface area contributed by atoms with Gasteiger partial charge in [-0.3, -0.25) is 4.79 Å². The van der Waals surface area contributed by atoms with Crippen molar-refractivity contribution in [2.24, 2.45) is 0 Å². The third-order valence-corrected chi connectivity index (χ3v) is 5.23. The highest BCUT2D eigenvalue weighted by Crippen LogP contribution is 2.33. The van der Waals surface area contributed by atoms with Crippen molar-refractivity contribution in [2.75, 3.05) is 5.75 Å². The lowest BCUT2D eigenvalue weighted by atomic mass is 9.96. The molecule has 2 rings (SSSR count). The van der Waals surface area contributed by atoms with Gasteiger partial charge in [0.05, 0.1) is 5.37 Å². The molecule has 1 aliphatic carbocycles. The second-order valence-electron chi connectivity index (χ2n) is 5.14. The Hall–Kier alpha value is -0.970. The summed E-state index contributed by atoms with van der Waals surface area (Å²) in [5, 5.41) is 9.26. The molecule has 19 heavy (non-hydrogen) atoms. The summed E-state index contributed by atoms with van der Waals surface area (Å²) in [5.41, 5.74) is 1.19. The highest BCUT2D eigenvalue weighted by molar-refractivity contribution is 8.00. The fourth-order valence-electron chi connectivity index (χ4n) is 2.75. The van der Waals surface area contributed by atoms with Gasteiger partial charge in [0.2, 0.25) is 5.91 Å². The molecule has 4 nitrogen and oxygen atoms in total. The van der Waals surface area contributed by atoms with E-state index in [4.69, 9.17) is 0 Å². The minimum absolute atomic E-state index is 0.0163. The summed E-state index contributed by atoms with van der Waals surface area (Å²) >= 11 is 1.58. The highest BCUT2D eigenvalue weighted by Gasteiger charge is 2.40. The Bertz CT molecular complexity index is 394. The maximum absolute atomic E-state index is 12.4. The number of aliphatic carboxylic acids is 1. The molecule has 0 saturated carbocycles. The monoisotopic (exact) mass is 283 g/mol. The Labute approximate surface area is 118 Å². The first-order valence-corrected chi connectivity index (χ1v) is 8.01. The molecular weight excluding hydrogens is 262 g/mol. The molecule has 0 bridgehead atoms. The van der Waals surface area contributed by atoms with Crippen LogP contribution >= 0.6 is 11.8 Å². The zero-order chi connectivity index (χ0) is 13.8. The molecule has 106 valence electrons. The molecule has 2 unspecified atom stereocenters. The molecule has 0 aromatic rings. The molecule has 0 aromatic carbocycles. The van der Waals surface area contributed by atoms with Gasteiger partial charge < -0.3 is 10.0 Å². The SMILES string of the molecule is CCC1SCC(C(=O)O)N1C(=O)CC1=CCCCC1. The lowest BCUT2D eigenvalue weighted by Crippen LogP contribution is -2.45. The Balaban J connectivity index is 2.05. The van der Waals surface area contributed by atoms with Crippen LogP contribution in [0.3, 0.4) is 0 Å². The molecule has 1 fully saturated rings. The van der Waals surface area contributed by atoms with E-state index in [1.807, 2.05) is 6.92 Å². The minimum Gasteiger partial charge on any atom is -0.480 e. The average Bonchev–Trinajstić information content (AvgIpc) is 2.83. The van der Waals surface area contributed by atoms with Gasteiger partial charge in [-0.05, 0) is 32.1 Å². The second-order valence-corrected chi connectivity index (χ2v) is 6.35. The normalized spacial score (nSPS) is 27.2. The zero-order valence-corrected chi connectivity index (χ0v) is 12.1. The summed E-state index contributed by atoms with van der Waals surface area (Å²) in [6.07, 6.45) is 7.75. The zero-order valence-electron chi connectivity index (χ0n) is 11.3. The molecule has 1 amide bonds. The van der Waals surface area contributed by atoms with Gasteiger partial charge in [0.1, 0.15) is 6.04 Å². The number of allylic oxidation sites excluding steroid dienone is 1. The number of thioether (sulfide) groups is 1. The second kappa shape index (κ2) is 6.46. The van der Waals surface area contributed by atoms with E-state index in [-0.39, 0.29) is 11.3 Å². The summed E-state index contributed by atoms with van der Waals surface area (Å²) in [6, 6.07) is -0.647. The third-order valence-electron chi connectivity index (χ3n) is 3.78. The summed E-state index contributed by atoms with van der Waals surface area (Å²) in [6.45, 7) is 2.00. The molecule has 0 aromatic heterocycles. The number of hydrogen-bond donors (Lipinski definition) is 1. The summed E-state index contributed by atoms with van der Waals surface area (Å²) in [5.74, 6) is -0.384. The van der Waals surface area contributed by atoms with E-state index in [2.05, 4.69) is 6.08 Å². The van der Waals surface area contributed by atoms with Gasteiger partial charge in [-0.2, -0.15) is 0 Å². The number of carbonyl (C=O) groups is 2. The number of hydrogen-bond acceptors (Lipinski definition) is 3. The fourth-order valence-corrected chi connectivity index (χ4v) is 4.12.